The number of thiophene rings is 1. The molecule has 1 atom stereocenters. The van der Waals surface area contributed by atoms with Gasteiger partial charge in [0.05, 0.1) is 10.9 Å². The van der Waals surface area contributed by atoms with Crippen molar-refractivity contribution in [3.8, 4) is 9.88 Å². The van der Waals surface area contributed by atoms with Crippen molar-refractivity contribution in [2.24, 2.45) is 0 Å². The number of hydrogen-bond donors (Lipinski definition) is 1. The molecule has 0 aromatic carbocycles. The van der Waals surface area contributed by atoms with Crippen molar-refractivity contribution < 1.29 is 0 Å². The third-order valence-electron chi connectivity index (χ3n) is 2.41. The van der Waals surface area contributed by atoms with Gasteiger partial charge in [-0.3, -0.25) is 0 Å². The van der Waals surface area contributed by atoms with E-state index in [1.807, 2.05) is 6.07 Å². The molecule has 2 rings (SSSR count). The van der Waals surface area contributed by atoms with Gasteiger partial charge in [-0.05, 0) is 40.3 Å². The minimum atomic E-state index is 0.324. The fraction of sp³-hybridized carbons (Fsp3) is 0.455. The highest BCUT2D eigenvalue weighted by molar-refractivity contribution is 9.10. The summed E-state index contributed by atoms with van der Waals surface area (Å²) < 4.78 is 1.10. The van der Waals surface area contributed by atoms with Crippen LogP contribution >= 0.6 is 38.6 Å². The molecule has 0 aliphatic rings. The minimum Gasteiger partial charge on any atom is -0.308 e. The number of nitrogens with one attached hydrogen (secondary N) is 1. The van der Waals surface area contributed by atoms with Crippen LogP contribution in [0.3, 0.4) is 0 Å². The monoisotopic (exact) mass is 331 g/mol. The van der Waals surface area contributed by atoms with Crippen LogP contribution in [0.15, 0.2) is 15.9 Å². The van der Waals surface area contributed by atoms with Gasteiger partial charge >= 0.3 is 0 Å². The van der Waals surface area contributed by atoms with E-state index in [4.69, 9.17) is 0 Å². The Labute approximate surface area is 117 Å². The van der Waals surface area contributed by atoms with Crippen LogP contribution in [0.2, 0.25) is 0 Å². The lowest BCUT2D eigenvalue weighted by Crippen LogP contribution is -2.19. The van der Waals surface area contributed by atoms with Crippen LogP contribution in [-0.2, 0) is 0 Å². The lowest BCUT2D eigenvalue weighted by molar-refractivity contribution is 0.531. The molecule has 1 unspecified atom stereocenters. The maximum atomic E-state index is 4.29. The SMILES string of the molecule is CCNC(CC)c1nnc(-c2sccc2Br)s1. The van der Waals surface area contributed by atoms with E-state index in [2.05, 4.69) is 50.7 Å². The van der Waals surface area contributed by atoms with Crippen LogP contribution in [0, 0.1) is 0 Å². The second kappa shape index (κ2) is 6.04. The van der Waals surface area contributed by atoms with Gasteiger partial charge in [0, 0.05) is 4.47 Å². The van der Waals surface area contributed by atoms with Crippen LogP contribution in [-0.4, -0.2) is 16.7 Å². The first-order valence-electron chi connectivity index (χ1n) is 5.56. The number of nitrogens with zero attached hydrogens (tertiary/aromatic N) is 2. The summed E-state index contributed by atoms with van der Waals surface area (Å²) in [5.74, 6) is 0. The van der Waals surface area contributed by atoms with Gasteiger partial charge in [0.25, 0.3) is 0 Å². The molecular weight excluding hydrogens is 318 g/mol. The first-order valence-corrected chi connectivity index (χ1v) is 8.05. The summed E-state index contributed by atoms with van der Waals surface area (Å²) in [5, 5.41) is 16.1. The van der Waals surface area contributed by atoms with Gasteiger partial charge in [-0.2, -0.15) is 0 Å². The number of aromatic nitrogens is 2. The maximum absolute atomic E-state index is 4.29. The molecule has 0 aliphatic heterocycles. The lowest BCUT2D eigenvalue weighted by atomic mass is 10.2. The normalized spacial score (nSPS) is 12.9. The molecule has 0 amide bonds. The summed E-state index contributed by atoms with van der Waals surface area (Å²) in [7, 11) is 0. The van der Waals surface area contributed by atoms with Crippen molar-refractivity contribution >= 4 is 38.6 Å². The van der Waals surface area contributed by atoms with Crippen LogP contribution < -0.4 is 5.32 Å². The molecule has 17 heavy (non-hydrogen) atoms. The zero-order chi connectivity index (χ0) is 12.3. The topological polar surface area (TPSA) is 37.8 Å². The Morgan fingerprint density at radius 3 is 2.82 bits per heavy atom. The summed E-state index contributed by atoms with van der Waals surface area (Å²) in [4.78, 5) is 1.17. The van der Waals surface area contributed by atoms with Crippen molar-refractivity contribution in [1.82, 2.24) is 15.5 Å². The number of hydrogen-bond acceptors (Lipinski definition) is 5. The molecule has 92 valence electrons. The maximum Gasteiger partial charge on any atom is 0.159 e. The summed E-state index contributed by atoms with van der Waals surface area (Å²) in [6, 6.07) is 2.37. The standard InChI is InChI=1S/C11H14BrN3S2/c1-3-8(13-4-2)10-14-15-11(17-10)9-7(12)5-6-16-9/h5-6,8,13H,3-4H2,1-2H3. The van der Waals surface area contributed by atoms with Crippen molar-refractivity contribution in [1.29, 1.82) is 0 Å². The number of halogens is 1. The van der Waals surface area contributed by atoms with E-state index < -0.39 is 0 Å². The van der Waals surface area contributed by atoms with Gasteiger partial charge in [0.2, 0.25) is 0 Å². The Morgan fingerprint density at radius 2 is 2.24 bits per heavy atom. The first kappa shape index (κ1) is 13.1. The molecule has 0 saturated heterocycles. The largest absolute Gasteiger partial charge is 0.308 e. The minimum absolute atomic E-state index is 0.324. The van der Waals surface area contributed by atoms with E-state index in [9.17, 15) is 0 Å². The average Bonchev–Trinajstić information content (AvgIpc) is 2.94. The fourth-order valence-electron chi connectivity index (χ4n) is 1.57. The predicted molar refractivity (Wildman–Crippen MR) is 77.6 cm³/mol. The molecule has 0 aliphatic carbocycles. The van der Waals surface area contributed by atoms with Crippen LogP contribution in [0.5, 0.6) is 0 Å². The van der Waals surface area contributed by atoms with Crippen molar-refractivity contribution in [2.45, 2.75) is 26.3 Å². The smallest absolute Gasteiger partial charge is 0.159 e. The quantitative estimate of drug-likeness (QED) is 0.896. The molecule has 6 heteroatoms. The molecule has 0 radical (unpaired) electrons. The Morgan fingerprint density at radius 1 is 1.41 bits per heavy atom. The van der Waals surface area contributed by atoms with Crippen LogP contribution in [0.1, 0.15) is 31.3 Å². The first-order chi connectivity index (χ1) is 8.26. The third kappa shape index (κ3) is 2.93. The predicted octanol–water partition coefficient (Wildman–Crippen LogP) is 4.09. The van der Waals surface area contributed by atoms with E-state index in [-0.39, 0.29) is 0 Å². The van der Waals surface area contributed by atoms with Crippen molar-refractivity contribution in [3.05, 3.63) is 20.9 Å². The van der Waals surface area contributed by atoms with E-state index >= 15 is 0 Å². The second-order valence-electron chi connectivity index (χ2n) is 3.56. The molecule has 2 aromatic rings. The molecule has 0 bridgehead atoms. The second-order valence-corrected chi connectivity index (χ2v) is 6.34. The summed E-state index contributed by atoms with van der Waals surface area (Å²) in [6.07, 6.45) is 1.04. The zero-order valence-electron chi connectivity index (χ0n) is 9.74. The van der Waals surface area contributed by atoms with Gasteiger partial charge in [-0.15, -0.1) is 21.5 Å². The van der Waals surface area contributed by atoms with E-state index in [1.165, 1.54) is 4.88 Å². The van der Waals surface area contributed by atoms with E-state index in [1.54, 1.807) is 22.7 Å². The Kier molecular flexibility index (Phi) is 4.67. The zero-order valence-corrected chi connectivity index (χ0v) is 13.0. The highest BCUT2D eigenvalue weighted by Gasteiger charge is 2.16. The molecule has 0 saturated carbocycles. The number of rotatable bonds is 5. The molecule has 2 aromatic heterocycles. The van der Waals surface area contributed by atoms with Crippen molar-refractivity contribution in [3.63, 3.8) is 0 Å². The summed E-state index contributed by atoms with van der Waals surface area (Å²) in [5.41, 5.74) is 0. The molecule has 0 spiro atoms. The fourth-order valence-corrected chi connectivity index (χ4v) is 4.36. The van der Waals surface area contributed by atoms with E-state index in [0.29, 0.717) is 6.04 Å². The van der Waals surface area contributed by atoms with Gasteiger partial charge < -0.3 is 5.32 Å². The van der Waals surface area contributed by atoms with Crippen LogP contribution in [0.25, 0.3) is 9.88 Å². The Balaban J connectivity index is 2.24. The highest BCUT2D eigenvalue weighted by atomic mass is 79.9. The lowest BCUT2D eigenvalue weighted by Gasteiger charge is -2.10. The molecule has 1 N–H and O–H groups in total. The Bertz CT molecular complexity index is 481. The van der Waals surface area contributed by atoms with Gasteiger partial charge in [0.15, 0.2) is 5.01 Å². The van der Waals surface area contributed by atoms with Gasteiger partial charge in [0.1, 0.15) is 5.01 Å². The van der Waals surface area contributed by atoms with Crippen molar-refractivity contribution in [2.75, 3.05) is 6.54 Å². The molecule has 2 heterocycles. The average molecular weight is 332 g/mol. The summed E-state index contributed by atoms with van der Waals surface area (Å²) in [6.45, 7) is 5.23. The van der Waals surface area contributed by atoms with Gasteiger partial charge in [-0.25, -0.2) is 0 Å². The van der Waals surface area contributed by atoms with E-state index in [0.717, 1.165) is 27.5 Å². The van der Waals surface area contributed by atoms with Gasteiger partial charge in [-0.1, -0.05) is 25.2 Å². The summed E-state index contributed by atoms with van der Waals surface area (Å²) >= 11 is 6.89. The van der Waals surface area contributed by atoms with Crippen LogP contribution in [0.4, 0.5) is 0 Å². The molecular formula is C11H14BrN3S2. The molecule has 0 fully saturated rings. The Hall–Kier alpha value is -0.300. The third-order valence-corrected chi connectivity index (χ3v) is 5.44. The molecule has 3 nitrogen and oxygen atoms in total. The highest BCUT2D eigenvalue weighted by Crippen LogP contribution is 2.36.